The summed E-state index contributed by atoms with van der Waals surface area (Å²) in [6, 6.07) is 7.65. The Morgan fingerprint density at radius 2 is 2.13 bits per heavy atom. The van der Waals surface area contributed by atoms with Crippen LogP contribution in [0.5, 0.6) is 0 Å². The zero-order chi connectivity index (χ0) is 10.3. The molecule has 1 N–H and O–H groups in total. The van der Waals surface area contributed by atoms with Crippen LogP contribution in [0.2, 0.25) is 0 Å². The van der Waals surface area contributed by atoms with Gasteiger partial charge in [0.1, 0.15) is 0 Å². The lowest BCUT2D eigenvalue weighted by Crippen LogP contribution is -2.53. The van der Waals surface area contributed by atoms with Crippen LogP contribution in [0.4, 0.5) is 4.39 Å². The van der Waals surface area contributed by atoms with E-state index in [9.17, 15) is 4.39 Å². The van der Waals surface area contributed by atoms with Gasteiger partial charge in [0.25, 0.3) is 0 Å². The van der Waals surface area contributed by atoms with Gasteiger partial charge in [-0.3, -0.25) is 4.98 Å². The first-order valence-electron chi connectivity index (χ1n) is 5.02. The lowest BCUT2D eigenvalue weighted by atomic mass is 9.87. The molecule has 0 amide bonds. The molecule has 2 aromatic rings. The number of rotatable bonds is 1. The van der Waals surface area contributed by atoms with E-state index in [1.54, 1.807) is 12.4 Å². The standard InChI is InChI=1S/C12H11FN2/c13-12(7-15-8-12)11-3-1-2-9-4-5-14-6-10(9)11/h1-6,15H,7-8H2. The zero-order valence-electron chi connectivity index (χ0n) is 8.20. The molecular weight excluding hydrogens is 191 g/mol. The quantitative estimate of drug-likeness (QED) is 0.765. The summed E-state index contributed by atoms with van der Waals surface area (Å²) in [7, 11) is 0. The number of halogens is 1. The highest BCUT2D eigenvalue weighted by Gasteiger charge is 2.39. The molecule has 1 aromatic heterocycles. The molecule has 0 saturated carbocycles. The summed E-state index contributed by atoms with van der Waals surface area (Å²) in [6.45, 7) is 0.808. The van der Waals surface area contributed by atoms with Crippen molar-refractivity contribution in [3.8, 4) is 0 Å². The molecule has 76 valence electrons. The smallest absolute Gasteiger partial charge is 0.161 e. The number of nitrogens with one attached hydrogen (secondary N) is 1. The molecule has 2 heterocycles. The highest BCUT2D eigenvalue weighted by atomic mass is 19.1. The zero-order valence-corrected chi connectivity index (χ0v) is 8.20. The van der Waals surface area contributed by atoms with Crippen LogP contribution in [0.3, 0.4) is 0 Å². The first-order chi connectivity index (χ1) is 7.30. The summed E-state index contributed by atoms with van der Waals surface area (Å²) in [6.07, 6.45) is 3.47. The fourth-order valence-electron chi connectivity index (χ4n) is 2.04. The molecule has 15 heavy (non-hydrogen) atoms. The molecule has 2 nitrogen and oxygen atoms in total. The van der Waals surface area contributed by atoms with Gasteiger partial charge in [0, 0.05) is 36.4 Å². The second-order valence-corrected chi connectivity index (χ2v) is 3.97. The minimum absolute atomic E-state index is 0.404. The third-order valence-corrected chi connectivity index (χ3v) is 2.98. The van der Waals surface area contributed by atoms with E-state index in [4.69, 9.17) is 0 Å². The van der Waals surface area contributed by atoms with Crippen molar-refractivity contribution in [2.75, 3.05) is 13.1 Å². The average Bonchev–Trinajstić information content (AvgIpc) is 2.25. The molecule has 0 radical (unpaired) electrons. The highest BCUT2D eigenvalue weighted by Crippen LogP contribution is 2.34. The van der Waals surface area contributed by atoms with E-state index in [1.165, 1.54) is 0 Å². The second-order valence-electron chi connectivity index (χ2n) is 3.97. The van der Waals surface area contributed by atoms with Gasteiger partial charge in [-0.1, -0.05) is 18.2 Å². The van der Waals surface area contributed by atoms with Gasteiger partial charge in [0.15, 0.2) is 5.67 Å². The molecule has 0 unspecified atom stereocenters. The Bertz CT molecular complexity index is 500. The van der Waals surface area contributed by atoms with Gasteiger partial charge < -0.3 is 5.32 Å². The Morgan fingerprint density at radius 1 is 1.27 bits per heavy atom. The first-order valence-corrected chi connectivity index (χ1v) is 5.02. The van der Waals surface area contributed by atoms with E-state index in [-0.39, 0.29) is 0 Å². The first kappa shape index (κ1) is 8.80. The average molecular weight is 202 g/mol. The SMILES string of the molecule is FC1(c2cccc3ccncc23)CNC1. The summed E-state index contributed by atoms with van der Waals surface area (Å²) in [5.41, 5.74) is -0.449. The van der Waals surface area contributed by atoms with Crippen LogP contribution in [0, 0.1) is 0 Å². The van der Waals surface area contributed by atoms with Crippen molar-refractivity contribution in [3.05, 3.63) is 42.2 Å². The molecule has 1 aliphatic heterocycles. The van der Waals surface area contributed by atoms with Crippen LogP contribution in [0.25, 0.3) is 10.8 Å². The van der Waals surface area contributed by atoms with Gasteiger partial charge >= 0.3 is 0 Å². The topological polar surface area (TPSA) is 24.9 Å². The number of nitrogens with zero attached hydrogens (tertiary/aromatic N) is 1. The summed E-state index contributed by atoms with van der Waals surface area (Å²) in [5.74, 6) is 0. The largest absolute Gasteiger partial charge is 0.310 e. The molecule has 0 bridgehead atoms. The van der Waals surface area contributed by atoms with Crippen molar-refractivity contribution in [3.63, 3.8) is 0 Å². The van der Waals surface area contributed by atoms with Crippen LogP contribution in [-0.2, 0) is 5.67 Å². The van der Waals surface area contributed by atoms with Gasteiger partial charge in [0.2, 0.25) is 0 Å². The van der Waals surface area contributed by atoms with E-state index in [1.807, 2.05) is 24.3 Å². The molecule has 0 spiro atoms. The summed E-state index contributed by atoms with van der Waals surface area (Å²) in [5, 5.41) is 4.94. The number of pyridine rings is 1. The molecule has 3 rings (SSSR count). The number of hydrogen-bond acceptors (Lipinski definition) is 2. The molecule has 3 heteroatoms. The van der Waals surface area contributed by atoms with Gasteiger partial charge in [-0.05, 0) is 11.5 Å². The number of fused-ring (bicyclic) bond motifs is 1. The minimum atomic E-state index is -1.21. The highest BCUT2D eigenvalue weighted by molar-refractivity contribution is 5.85. The third kappa shape index (κ3) is 1.23. The second kappa shape index (κ2) is 3.00. The lowest BCUT2D eigenvalue weighted by molar-refractivity contribution is 0.0908. The molecule has 1 aromatic carbocycles. The Labute approximate surface area is 87.1 Å². The summed E-state index contributed by atoms with van der Waals surface area (Å²) < 4.78 is 14.3. The maximum absolute atomic E-state index is 14.3. The Kier molecular flexibility index (Phi) is 1.76. The van der Waals surface area contributed by atoms with Crippen LogP contribution >= 0.6 is 0 Å². The summed E-state index contributed by atoms with van der Waals surface area (Å²) in [4.78, 5) is 4.06. The van der Waals surface area contributed by atoms with Crippen LogP contribution in [0.15, 0.2) is 36.7 Å². The van der Waals surface area contributed by atoms with Crippen LogP contribution < -0.4 is 5.32 Å². The van der Waals surface area contributed by atoms with E-state index in [2.05, 4.69) is 10.3 Å². The predicted molar refractivity (Wildman–Crippen MR) is 57.4 cm³/mol. The lowest BCUT2D eigenvalue weighted by Gasteiger charge is -2.36. The predicted octanol–water partition coefficient (Wildman–Crippen LogP) is 2.00. The molecular formula is C12H11FN2. The molecule has 1 aliphatic rings. The van der Waals surface area contributed by atoms with Crippen molar-refractivity contribution in [2.45, 2.75) is 5.67 Å². The third-order valence-electron chi connectivity index (χ3n) is 2.98. The van der Waals surface area contributed by atoms with Gasteiger partial charge in [0.05, 0.1) is 0 Å². The fourth-order valence-corrected chi connectivity index (χ4v) is 2.04. The van der Waals surface area contributed by atoms with E-state index in [0.717, 1.165) is 16.3 Å². The van der Waals surface area contributed by atoms with Crippen molar-refractivity contribution in [1.29, 1.82) is 0 Å². The van der Waals surface area contributed by atoms with Gasteiger partial charge in [-0.25, -0.2) is 4.39 Å². The van der Waals surface area contributed by atoms with Gasteiger partial charge in [-0.2, -0.15) is 0 Å². The Balaban J connectivity index is 2.26. The van der Waals surface area contributed by atoms with E-state index in [0.29, 0.717) is 13.1 Å². The van der Waals surface area contributed by atoms with Crippen molar-refractivity contribution >= 4 is 10.8 Å². The van der Waals surface area contributed by atoms with Crippen LogP contribution in [-0.4, -0.2) is 18.1 Å². The molecule has 1 fully saturated rings. The van der Waals surface area contributed by atoms with Crippen molar-refractivity contribution in [1.82, 2.24) is 10.3 Å². The monoisotopic (exact) mass is 202 g/mol. The van der Waals surface area contributed by atoms with Crippen molar-refractivity contribution < 1.29 is 4.39 Å². The van der Waals surface area contributed by atoms with Gasteiger partial charge in [-0.15, -0.1) is 0 Å². The number of hydrogen-bond donors (Lipinski definition) is 1. The molecule has 0 atom stereocenters. The normalized spacial score (nSPS) is 18.7. The Hall–Kier alpha value is -1.48. The van der Waals surface area contributed by atoms with Crippen LogP contribution in [0.1, 0.15) is 5.56 Å². The van der Waals surface area contributed by atoms with E-state index >= 15 is 0 Å². The van der Waals surface area contributed by atoms with Crippen molar-refractivity contribution in [2.24, 2.45) is 0 Å². The minimum Gasteiger partial charge on any atom is -0.310 e. The molecule has 0 aliphatic carbocycles. The number of aromatic nitrogens is 1. The maximum Gasteiger partial charge on any atom is 0.161 e. The van der Waals surface area contributed by atoms with E-state index < -0.39 is 5.67 Å². The Morgan fingerprint density at radius 3 is 2.87 bits per heavy atom. The molecule has 1 saturated heterocycles. The number of benzene rings is 1. The number of alkyl halides is 1. The fraction of sp³-hybridized carbons (Fsp3) is 0.250. The maximum atomic E-state index is 14.3. The summed E-state index contributed by atoms with van der Waals surface area (Å²) >= 11 is 0.